The van der Waals surface area contributed by atoms with Gasteiger partial charge < -0.3 is 15.2 Å². The number of thiophene rings is 1. The molecule has 1 aromatic heterocycles. The summed E-state index contributed by atoms with van der Waals surface area (Å²) in [4.78, 5) is 13.2. The molecule has 0 aliphatic carbocycles. The highest BCUT2D eigenvalue weighted by Gasteiger charge is 2.15. The second kappa shape index (κ2) is 5.14. The lowest BCUT2D eigenvalue weighted by molar-refractivity contribution is 0.0925. The van der Waals surface area contributed by atoms with Crippen LogP contribution < -0.4 is 10.1 Å². The maximum Gasteiger partial charge on any atom is 0.265 e. The molecule has 0 aromatic carbocycles. The third kappa shape index (κ3) is 3.21. The molecule has 0 saturated carbocycles. The Morgan fingerprint density at radius 3 is 2.93 bits per heavy atom. The maximum atomic E-state index is 11.7. The van der Waals surface area contributed by atoms with Gasteiger partial charge in [-0.2, -0.15) is 0 Å². The zero-order chi connectivity index (χ0) is 11.4. The van der Waals surface area contributed by atoms with Crippen molar-refractivity contribution in [2.75, 3.05) is 13.7 Å². The van der Waals surface area contributed by atoms with E-state index in [9.17, 15) is 4.79 Å². The van der Waals surface area contributed by atoms with Gasteiger partial charge in [0.05, 0.1) is 13.2 Å². The molecule has 4 nitrogen and oxygen atoms in total. The average molecular weight is 229 g/mol. The van der Waals surface area contributed by atoms with Crippen LogP contribution in [-0.4, -0.2) is 30.8 Å². The van der Waals surface area contributed by atoms with Crippen molar-refractivity contribution in [3.8, 4) is 5.75 Å². The number of nitrogens with one attached hydrogen (secondary N) is 1. The van der Waals surface area contributed by atoms with Gasteiger partial charge >= 0.3 is 0 Å². The zero-order valence-corrected chi connectivity index (χ0v) is 9.85. The third-order valence-corrected chi connectivity index (χ3v) is 2.84. The predicted molar refractivity (Wildman–Crippen MR) is 59.6 cm³/mol. The lowest BCUT2D eigenvalue weighted by Crippen LogP contribution is -2.30. The summed E-state index contributed by atoms with van der Waals surface area (Å²) in [7, 11) is 1.53. The van der Waals surface area contributed by atoms with Gasteiger partial charge in [-0.25, -0.2) is 0 Å². The molecule has 1 aromatic rings. The first-order valence-electron chi connectivity index (χ1n) is 4.65. The van der Waals surface area contributed by atoms with E-state index in [2.05, 4.69) is 5.32 Å². The molecule has 0 bridgehead atoms. The van der Waals surface area contributed by atoms with Gasteiger partial charge in [0, 0.05) is 11.4 Å². The molecule has 15 heavy (non-hydrogen) atoms. The van der Waals surface area contributed by atoms with Crippen LogP contribution in [0.15, 0.2) is 6.07 Å². The van der Waals surface area contributed by atoms with Crippen molar-refractivity contribution in [3.05, 3.63) is 15.8 Å². The summed E-state index contributed by atoms with van der Waals surface area (Å²) in [5.74, 6) is 0.381. The Kier molecular flexibility index (Phi) is 4.11. The normalized spacial score (nSPS) is 12.3. The highest BCUT2D eigenvalue weighted by molar-refractivity contribution is 7.14. The number of carbonyl (C=O) groups is 1. The molecule has 0 aliphatic rings. The van der Waals surface area contributed by atoms with E-state index < -0.39 is 6.10 Å². The molecular formula is C10H15NO3S. The quantitative estimate of drug-likeness (QED) is 0.815. The Balaban J connectivity index is 2.72. The van der Waals surface area contributed by atoms with Gasteiger partial charge in [0.2, 0.25) is 0 Å². The molecule has 0 aliphatic heterocycles. The summed E-state index contributed by atoms with van der Waals surface area (Å²) in [6.45, 7) is 3.79. The Labute approximate surface area is 92.9 Å². The van der Waals surface area contributed by atoms with E-state index in [1.165, 1.54) is 18.4 Å². The van der Waals surface area contributed by atoms with Crippen LogP contribution >= 0.6 is 11.3 Å². The second-order valence-corrected chi connectivity index (χ2v) is 4.57. The first-order chi connectivity index (χ1) is 7.04. The fraction of sp³-hybridized carbons (Fsp3) is 0.500. The van der Waals surface area contributed by atoms with Crippen LogP contribution in [0.2, 0.25) is 0 Å². The number of hydrogen-bond acceptors (Lipinski definition) is 4. The summed E-state index contributed by atoms with van der Waals surface area (Å²) < 4.78 is 5.08. The number of aliphatic hydroxyl groups is 1. The number of hydrogen-bond donors (Lipinski definition) is 2. The van der Waals surface area contributed by atoms with Crippen LogP contribution in [0.25, 0.3) is 0 Å². The van der Waals surface area contributed by atoms with Crippen LogP contribution in [0.3, 0.4) is 0 Å². The molecule has 1 unspecified atom stereocenters. The Bertz CT molecular complexity index is 346. The number of methoxy groups -OCH3 is 1. The largest absolute Gasteiger partial charge is 0.495 e. The fourth-order valence-corrected chi connectivity index (χ4v) is 2.02. The van der Waals surface area contributed by atoms with Crippen molar-refractivity contribution in [2.45, 2.75) is 20.0 Å². The lowest BCUT2D eigenvalue weighted by Gasteiger charge is -2.06. The van der Waals surface area contributed by atoms with Crippen LogP contribution in [-0.2, 0) is 0 Å². The van der Waals surface area contributed by atoms with Gasteiger partial charge in [-0.1, -0.05) is 0 Å². The van der Waals surface area contributed by atoms with Gasteiger partial charge in [0.15, 0.2) is 0 Å². The third-order valence-electron chi connectivity index (χ3n) is 1.81. The first kappa shape index (κ1) is 12.0. The number of aryl methyl sites for hydroxylation is 1. The van der Waals surface area contributed by atoms with E-state index in [4.69, 9.17) is 9.84 Å². The van der Waals surface area contributed by atoms with E-state index >= 15 is 0 Å². The topological polar surface area (TPSA) is 58.6 Å². The van der Waals surface area contributed by atoms with E-state index in [-0.39, 0.29) is 12.5 Å². The molecular weight excluding hydrogens is 214 g/mol. The van der Waals surface area contributed by atoms with Gasteiger partial charge in [0.25, 0.3) is 5.91 Å². The average Bonchev–Trinajstić information content (AvgIpc) is 2.56. The van der Waals surface area contributed by atoms with Crippen LogP contribution in [0, 0.1) is 6.92 Å². The number of ether oxygens (including phenoxy) is 1. The van der Waals surface area contributed by atoms with Crippen LogP contribution in [0.5, 0.6) is 5.75 Å². The molecule has 1 amide bonds. The van der Waals surface area contributed by atoms with E-state index in [0.717, 1.165) is 4.88 Å². The number of rotatable bonds is 4. The molecule has 0 spiro atoms. The Morgan fingerprint density at radius 1 is 1.73 bits per heavy atom. The standard InChI is InChI=1S/C10H15NO3S/c1-6(12)5-11-10(13)9-8(14-3)4-7(2)15-9/h4,6,12H,5H2,1-3H3,(H,11,13). The summed E-state index contributed by atoms with van der Waals surface area (Å²) in [6, 6.07) is 1.82. The zero-order valence-electron chi connectivity index (χ0n) is 9.03. The predicted octanol–water partition coefficient (Wildman–Crippen LogP) is 1.18. The minimum Gasteiger partial charge on any atom is -0.495 e. The minimum absolute atomic E-state index is 0.203. The Hall–Kier alpha value is -1.07. The van der Waals surface area contributed by atoms with E-state index in [1.807, 2.05) is 13.0 Å². The fourth-order valence-electron chi connectivity index (χ4n) is 1.12. The SMILES string of the molecule is COc1cc(C)sc1C(=O)NCC(C)O. The minimum atomic E-state index is -0.541. The lowest BCUT2D eigenvalue weighted by atomic mass is 10.3. The van der Waals surface area contributed by atoms with Crippen LogP contribution in [0.4, 0.5) is 0 Å². The van der Waals surface area contributed by atoms with Crippen molar-refractivity contribution < 1.29 is 14.6 Å². The number of amides is 1. The van der Waals surface area contributed by atoms with Crippen molar-refractivity contribution in [3.63, 3.8) is 0 Å². The van der Waals surface area contributed by atoms with E-state index in [0.29, 0.717) is 10.6 Å². The number of carbonyl (C=O) groups excluding carboxylic acids is 1. The van der Waals surface area contributed by atoms with Crippen molar-refractivity contribution in [2.24, 2.45) is 0 Å². The van der Waals surface area contributed by atoms with Crippen molar-refractivity contribution in [1.29, 1.82) is 0 Å². The monoisotopic (exact) mass is 229 g/mol. The molecule has 1 rings (SSSR count). The van der Waals surface area contributed by atoms with E-state index in [1.54, 1.807) is 6.92 Å². The molecule has 84 valence electrons. The number of aliphatic hydroxyl groups excluding tert-OH is 1. The maximum absolute atomic E-state index is 11.7. The summed E-state index contributed by atoms with van der Waals surface area (Å²) >= 11 is 1.38. The van der Waals surface area contributed by atoms with Gasteiger partial charge in [0.1, 0.15) is 10.6 Å². The molecule has 0 radical (unpaired) electrons. The summed E-state index contributed by atoms with van der Waals surface area (Å²) in [5.41, 5.74) is 0. The van der Waals surface area contributed by atoms with Crippen molar-refractivity contribution >= 4 is 17.2 Å². The summed E-state index contributed by atoms with van der Waals surface area (Å²) in [6.07, 6.45) is -0.541. The highest BCUT2D eigenvalue weighted by Crippen LogP contribution is 2.28. The Morgan fingerprint density at radius 2 is 2.40 bits per heavy atom. The van der Waals surface area contributed by atoms with Gasteiger partial charge in [-0.15, -0.1) is 11.3 Å². The smallest absolute Gasteiger partial charge is 0.265 e. The summed E-state index contributed by atoms with van der Waals surface area (Å²) in [5, 5.41) is 11.7. The van der Waals surface area contributed by atoms with Crippen LogP contribution in [0.1, 0.15) is 21.5 Å². The van der Waals surface area contributed by atoms with Crippen molar-refractivity contribution in [1.82, 2.24) is 5.32 Å². The molecule has 0 fully saturated rings. The van der Waals surface area contributed by atoms with Gasteiger partial charge in [-0.3, -0.25) is 4.79 Å². The first-order valence-corrected chi connectivity index (χ1v) is 5.47. The van der Waals surface area contributed by atoms with Gasteiger partial charge in [-0.05, 0) is 19.9 Å². The molecule has 5 heteroatoms. The molecule has 1 heterocycles. The highest BCUT2D eigenvalue weighted by atomic mass is 32.1. The second-order valence-electron chi connectivity index (χ2n) is 3.31. The molecule has 2 N–H and O–H groups in total. The molecule has 1 atom stereocenters. The molecule has 0 saturated heterocycles.